The van der Waals surface area contributed by atoms with Crippen LogP contribution in [-0.2, 0) is 4.79 Å². The summed E-state index contributed by atoms with van der Waals surface area (Å²) in [6, 6.07) is 6.00. The minimum absolute atomic E-state index is 0.0775. The lowest BCUT2D eigenvalue weighted by molar-refractivity contribution is -0.139. The van der Waals surface area contributed by atoms with Crippen LogP contribution < -0.4 is 5.32 Å². The maximum atomic E-state index is 13.0. The van der Waals surface area contributed by atoms with Gasteiger partial charge in [-0.05, 0) is 64.7 Å². The fourth-order valence-corrected chi connectivity index (χ4v) is 5.11. The maximum Gasteiger partial charge on any atom is 0.227 e. The zero-order valence-electron chi connectivity index (χ0n) is 19.5. The second-order valence-corrected chi connectivity index (χ2v) is 9.66. The van der Waals surface area contributed by atoms with E-state index in [0.717, 1.165) is 80.0 Å². The second kappa shape index (κ2) is 9.53. The summed E-state index contributed by atoms with van der Waals surface area (Å²) in [5, 5.41) is 14.2. The molecule has 0 bridgehead atoms. The number of likely N-dealkylation sites (tertiary alicyclic amines) is 1. The first-order valence-electron chi connectivity index (χ1n) is 11.9. The molecule has 1 aliphatic carbocycles. The number of pyridine rings is 1. The molecule has 7 heteroatoms. The van der Waals surface area contributed by atoms with Crippen LogP contribution in [0.25, 0.3) is 0 Å². The summed E-state index contributed by atoms with van der Waals surface area (Å²) in [5.74, 6) is 0.850. The molecule has 1 atom stereocenters. The number of aliphatic hydroxyl groups is 1. The van der Waals surface area contributed by atoms with E-state index in [9.17, 15) is 9.90 Å². The molecule has 2 fully saturated rings. The van der Waals surface area contributed by atoms with Crippen LogP contribution in [0.15, 0.2) is 18.2 Å². The Labute approximate surface area is 190 Å². The highest BCUT2D eigenvalue weighted by Gasteiger charge is 2.35. The summed E-state index contributed by atoms with van der Waals surface area (Å²) in [6.45, 7) is 7.33. The first-order valence-corrected chi connectivity index (χ1v) is 11.9. The van der Waals surface area contributed by atoms with Crippen LogP contribution in [0.2, 0.25) is 0 Å². The Balaban J connectivity index is 1.46. The van der Waals surface area contributed by atoms with Crippen LogP contribution in [0.5, 0.6) is 0 Å². The Hall–Kier alpha value is -2.54. The van der Waals surface area contributed by atoms with Gasteiger partial charge in [-0.25, -0.2) is 9.97 Å². The van der Waals surface area contributed by atoms with Crippen LogP contribution >= 0.6 is 0 Å². The fraction of sp³-hybridized carbons (Fsp3) is 0.600. The molecule has 2 N–H and O–H groups in total. The first kappa shape index (κ1) is 22.6. The van der Waals surface area contributed by atoms with Gasteiger partial charge in [-0.2, -0.15) is 0 Å². The summed E-state index contributed by atoms with van der Waals surface area (Å²) in [6.07, 6.45) is 6.87. The molecule has 0 spiro atoms. The molecule has 2 aliphatic rings. The van der Waals surface area contributed by atoms with E-state index < -0.39 is 5.60 Å². The van der Waals surface area contributed by atoms with E-state index in [0.29, 0.717) is 12.5 Å². The molecule has 3 heterocycles. The monoisotopic (exact) mass is 437 g/mol. The zero-order chi connectivity index (χ0) is 22.7. The number of carbonyl (C=O) groups excluding carboxylic acids is 1. The van der Waals surface area contributed by atoms with Crippen LogP contribution in [0.1, 0.15) is 80.1 Å². The van der Waals surface area contributed by atoms with Gasteiger partial charge in [0.25, 0.3) is 0 Å². The van der Waals surface area contributed by atoms with Gasteiger partial charge in [-0.1, -0.05) is 19.3 Å². The number of rotatable bonds is 5. The number of piperidine rings is 1. The van der Waals surface area contributed by atoms with Crippen molar-refractivity contribution in [2.45, 2.75) is 83.7 Å². The van der Waals surface area contributed by atoms with E-state index in [4.69, 9.17) is 4.98 Å². The van der Waals surface area contributed by atoms with Crippen molar-refractivity contribution < 1.29 is 9.90 Å². The van der Waals surface area contributed by atoms with Gasteiger partial charge in [0.15, 0.2) is 0 Å². The summed E-state index contributed by atoms with van der Waals surface area (Å²) in [7, 11) is 0. The highest BCUT2D eigenvalue weighted by molar-refractivity contribution is 5.77. The van der Waals surface area contributed by atoms with Crippen LogP contribution in [0, 0.1) is 20.8 Å². The Morgan fingerprint density at radius 2 is 1.72 bits per heavy atom. The van der Waals surface area contributed by atoms with Gasteiger partial charge < -0.3 is 15.3 Å². The van der Waals surface area contributed by atoms with Gasteiger partial charge in [-0.15, -0.1) is 0 Å². The topological polar surface area (TPSA) is 91.2 Å². The molecule has 1 amide bonds. The lowest BCUT2D eigenvalue weighted by atomic mass is 9.82. The van der Waals surface area contributed by atoms with E-state index >= 15 is 0 Å². The molecular formula is C25H35N5O2. The Morgan fingerprint density at radius 1 is 1.03 bits per heavy atom. The number of anilines is 2. The largest absolute Gasteiger partial charge is 0.389 e. The van der Waals surface area contributed by atoms with Crippen molar-refractivity contribution in [1.82, 2.24) is 19.9 Å². The fourth-order valence-electron chi connectivity index (χ4n) is 5.11. The molecule has 172 valence electrons. The zero-order valence-corrected chi connectivity index (χ0v) is 19.5. The number of amides is 1. The summed E-state index contributed by atoms with van der Waals surface area (Å²) in [5.41, 5.74) is 3.86. The van der Waals surface area contributed by atoms with Crippen LogP contribution in [-0.4, -0.2) is 49.6 Å². The van der Waals surface area contributed by atoms with Gasteiger partial charge in [0.05, 0.1) is 12.0 Å². The van der Waals surface area contributed by atoms with Crippen molar-refractivity contribution in [3.8, 4) is 0 Å². The second-order valence-electron chi connectivity index (χ2n) is 9.66. The van der Waals surface area contributed by atoms with E-state index in [2.05, 4.69) is 21.4 Å². The summed E-state index contributed by atoms with van der Waals surface area (Å²) >= 11 is 0. The third-order valence-electron chi connectivity index (χ3n) is 6.67. The molecule has 1 saturated heterocycles. The predicted molar refractivity (Wildman–Crippen MR) is 125 cm³/mol. The molecule has 0 unspecified atom stereocenters. The van der Waals surface area contributed by atoms with Gasteiger partial charge in [0.2, 0.25) is 11.9 Å². The van der Waals surface area contributed by atoms with E-state index in [-0.39, 0.29) is 18.2 Å². The van der Waals surface area contributed by atoms with Crippen molar-refractivity contribution in [3.63, 3.8) is 0 Å². The van der Waals surface area contributed by atoms with Crippen molar-refractivity contribution in [1.29, 1.82) is 0 Å². The smallest absolute Gasteiger partial charge is 0.227 e. The van der Waals surface area contributed by atoms with E-state index in [1.54, 1.807) is 0 Å². The van der Waals surface area contributed by atoms with Crippen LogP contribution in [0.3, 0.4) is 0 Å². The molecule has 1 saturated carbocycles. The number of hydrogen-bond acceptors (Lipinski definition) is 6. The number of aromatic nitrogens is 3. The van der Waals surface area contributed by atoms with Gasteiger partial charge in [0, 0.05) is 47.5 Å². The van der Waals surface area contributed by atoms with Crippen molar-refractivity contribution in [2.75, 3.05) is 18.4 Å². The average Bonchev–Trinajstić information content (AvgIpc) is 2.73. The number of nitrogens with one attached hydrogen (secondary N) is 1. The first-order chi connectivity index (χ1) is 15.3. The quantitative estimate of drug-likeness (QED) is 0.723. The summed E-state index contributed by atoms with van der Waals surface area (Å²) < 4.78 is 0. The van der Waals surface area contributed by atoms with E-state index in [1.807, 2.05) is 37.8 Å². The summed E-state index contributed by atoms with van der Waals surface area (Å²) in [4.78, 5) is 28.7. The minimum Gasteiger partial charge on any atom is -0.389 e. The van der Waals surface area contributed by atoms with Gasteiger partial charge in [0.1, 0.15) is 0 Å². The number of nitrogens with zero attached hydrogens (tertiary/aromatic N) is 4. The lowest BCUT2D eigenvalue weighted by Gasteiger charge is -2.37. The molecule has 0 radical (unpaired) electrons. The van der Waals surface area contributed by atoms with E-state index in [1.165, 1.54) is 0 Å². The van der Waals surface area contributed by atoms with Gasteiger partial charge >= 0.3 is 0 Å². The molecular weight excluding hydrogens is 402 g/mol. The Bertz CT molecular complexity index is 951. The van der Waals surface area contributed by atoms with Crippen molar-refractivity contribution in [3.05, 3.63) is 41.0 Å². The minimum atomic E-state index is -0.813. The van der Waals surface area contributed by atoms with Crippen molar-refractivity contribution >= 4 is 17.5 Å². The molecule has 32 heavy (non-hydrogen) atoms. The molecule has 2 aromatic rings. The van der Waals surface area contributed by atoms with Crippen molar-refractivity contribution in [2.24, 2.45) is 0 Å². The molecule has 7 nitrogen and oxygen atoms in total. The molecule has 4 rings (SSSR count). The predicted octanol–water partition coefficient (Wildman–Crippen LogP) is 4.33. The highest BCUT2D eigenvalue weighted by atomic mass is 16.3. The average molecular weight is 438 g/mol. The molecule has 2 aromatic heterocycles. The maximum absolute atomic E-state index is 13.0. The third kappa shape index (κ3) is 5.63. The highest BCUT2D eigenvalue weighted by Crippen LogP contribution is 2.33. The number of hydrogen-bond donors (Lipinski definition) is 2. The third-order valence-corrected chi connectivity index (χ3v) is 6.67. The number of aryl methyl sites for hydroxylation is 3. The Morgan fingerprint density at radius 3 is 2.44 bits per heavy atom. The normalized spacial score (nSPS) is 20.8. The lowest BCUT2D eigenvalue weighted by Crippen LogP contribution is -2.44. The van der Waals surface area contributed by atoms with Gasteiger partial charge in [-0.3, -0.25) is 9.78 Å². The Kier molecular flexibility index (Phi) is 6.74. The molecule has 1 aliphatic heterocycles. The van der Waals surface area contributed by atoms with Crippen LogP contribution in [0.4, 0.5) is 11.6 Å². The standard InChI is InChI=1S/C25H35N5O2/c1-17-12-18(2)28-24(27-17)29-21-13-19(3)26-22(14-21)20-8-7-11-30(16-20)23(31)15-25(32)9-5-4-6-10-25/h12-14,20,32H,4-11,15-16H2,1-3H3,(H,26,27,28,29)/t20-/m1/s1. The SMILES string of the molecule is Cc1cc(Nc2nc(C)cc(C)n2)cc([C@@H]2CCCN(C(=O)CC3(O)CCCCC3)C2)n1. The molecule has 0 aromatic carbocycles. The number of carbonyl (C=O) groups is 1.